The summed E-state index contributed by atoms with van der Waals surface area (Å²) < 4.78 is 12.4. The molecule has 0 aliphatic heterocycles. The van der Waals surface area contributed by atoms with Gasteiger partial charge in [0, 0.05) is 5.70 Å². The Balaban J connectivity index is 3.64. The molecule has 0 atom stereocenters. The third-order valence-corrected chi connectivity index (χ3v) is 0.818. The van der Waals surface area contributed by atoms with Crippen LogP contribution in [-0.2, 0) is 0 Å². The zero-order valence-corrected chi connectivity index (χ0v) is 5.61. The van der Waals surface area contributed by atoms with Gasteiger partial charge in [-0.2, -0.15) is 0 Å². The summed E-state index contributed by atoms with van der Waals surface area (Å²) in [7, 11) is 0. The van der Waals surface area contributed by atoms with E-state index in [2.05, 4.69) is 6.58 Å². The SMILES string of the molecule is C=C(C)N(F)C(C)C. The zero-order chi connectivity index (χ0) is 6.73. The number of nitrogens with zero attached hydrogens (tertiary/aromatic N) is 1. The molecule has 0 aliphatic carbocycles. The van der Waals surface area contributed by atoms with E-state index < -0.39 is 0 Å². The number of halogens is 1. The van der Waals surface area contributed by atoms with Crippen LogP contribution in [0.3, 0.4) is 0 Å². The monoisotopic (exact) mass is 117 g/mol. The largest absolute Gasteiger partial charge is 0.214 e. The van der Waals surface area contributed by atoms with Crippen LogP contribution in [0.25, 0.3) is 0 Å². The molecule has 0 bridgehead atoms. The second-order valence-electron chi connectivity index (χ2n) is 2.14. The van der Waals surface area contributed by atoms with Crippen LogP contribution in [-0.4, -0.2) is 11.2 Å². The van der Waals surface area contributed by atoms with E-state index >= 15 is 0 Å². The average molecular weight is 117 g/mol. The molecule has 1 nitrogen and oxygen atoms in total. The van der Waals surface area contributed by atoms with Crippen molar-refractivity contribution in [3.8, 4) is 0 Å². The Bertz CT molecular complexity index is 88.5. The van der Waals surface area contributed by atoms with E-state index in [1.807, 2.05) is 0 Å². The Morgan fingerprint density at radius 1 is 1.62 bits per heavy atom. The van der Waals surface area contributed by atoms with Crippen molar-refractivity contribution in [2.24, 2.45) is 0 Å². The smallest absolute Gasteiger partial charge is 0.0555 e. The van der Waals surface area contributed by atoms with Gasteiger partial charge in [0.1, 0.15) is 0 Å². The minimum atomic E-state index is -0.0903. The van der Waals surface area contributed by atoms with Gasteiger partial charge in [-0.05, 0) is 20.8 Å². The van der Waals surface area contributed by atoms with Crippen LogP contribution < -0.4 is 0 Å². The summed E-state index contributed by atoms with van der Waals surface area (Å²) in [6.45, 7) is 8.61. The third-order valence-electron chi connectivity index (χ3n) is 0.818. The fourth-order valence-electron chi connectivity index (χ4n) is 0.441. The molecule has 0 aromatic carbocycles. The van der Waals surface area contributed by atoms with Gasteiger partial charge in [0.2, 0.25) is 0 Å². The zero-order valence-electron chi connectivity index (χ0n) is 5.61. The molecule has 0 amide bonds. The van der Waals surface area contributed by atoms with Crippen molar-refractivity contribution < 1.29 is 4.48 Å². The number of rotatable bonds is 2. The van der Waals surface area contributed by atoms with Crippen molar-refractivity contribution in [3.63, 3.8) is 0 Å². The highest BCUT2D eigenvalue weighted by Crippen LogP contribution is 2.05. The summed E-state index contributed by atoms with van der Waals surface area (Å²) in [5.41, 5.74) is 0.458. The van der Waals surface area contributed by atoms with E-state index in [9.17, 15) is 4.48 Å². The van der Waals surface area contributed by atoms with E-state index in [1.54, 1.807) is 20.8 Å². The van der Waals surface area contributed by atoms with Gasteiger partial charge in [-0.15, -0.1) is 4.48 Å². The Morgan fingerprint density at radius 2 is 2.00 bits per heavy atom. The molecule has 0 rings (SSSR count). The van der Waals surface area contributed by atoms with Gasteiger partial charge in [0.05, 0.1) is 6.04 Å². The molecule has 8 heavy (non-hydrogen) atoms. The molecule has 0 fully saturated rings. The minimum absolute atomic E-state index is 0.0903. The molecule has 0 unspecified atom stereocenters. The topological polar surface area (TPSA) is 3.24 Å². The molecular weight excluding hydrogens is 105 g/mol. The van der Waals surface area contributed by atoms with Crippen molar-refractivity contribution in [1.29, 1.82) is 0 Å². The highest BCUT2D eigenvalue weighted by Gasteiger charge is 2.03. The third kappa shape index (κ3) is 1.96. The van der Waals surface area contributed by atoms with E-state index in [4.69, 9.17) is 0 Å². The minimum Gasteiger partial charge on any atom is -0.214 e. The van der Waals surface area contributed by atoms with Crippen molar-refractivity contribution in [2.75, 3.05) is 0 Å². The highest BCUT2D eigenvalue weighted by molar-refractivity contribution is 4.84. The predicted octanol–water partition coefficient (Wildman–Crippen LogP) is 2.11. The summed E-state index contributed by atoms with van der Waals surface area (Å²) in [5.74, 6) is 0. The molecule has 0 aromatic rings. The quantitative estimate of drug-likeness (QED) is 0.501. The second kappa shape index (κ2) is 2.70. The van der Waals surface area contributed by atoms with Gasteiger partial charge < -0.3 is 0 Å². The molecule has 0 aromatic heterocycles. The van der Waals surface area contributed by atoms with Crippen molar-refractivity contribution in [1.82, 2.24) is 5.12 Å². The molecule has 0 N–H and O–H groups in total. The molecule has 0 saturated carbocycles. The molecule has 0 aliphatic rings. The van der Waals surface area contributed by atoms with Crippen LogP contribution in [0, 0.1) is 0 Å². The van der Waals surface area contributed by atoms with Gasteiger partial charge in [-0.25, -0.2) is 5.12 Å². The first-order chi connectivity index (χ1) is 3.55. The van der Waals surface area contributed by atoms with E-state index in [1.165, 1.54) is 0 Å². The Hall–Kier alpha value is -0.530. The molecule has 2 heteroatoms. The van der Waals surface area contributed by atoms with Gasteiger partial charge in [0.15, 0.2) is 0 Å². The summed E-state index contributed by atoms with van der Waals surface area (Å²) in [5, 5.41) is 0.639. The second-order valence-corrected chi connectivity index (χ2v) is 2.14. The first-order valence-corrected chi connectivity index (χ1v) is 2.66. The van der Waals surface area contributed by atoms with E-state index in [0.717, 1.165) is 0 Å². The summed E-state index contributed by atoms with van der Waals surface area (Å²) in [4.78, 5) is 0. The summed E-state index contributed by atoms with van der Waals surface area (Å²) in [6.07, 6.45) is 0. The fourth-order valence-corrected chi connectivity index (χ4v) is 0.441. The Labute approximate surface area is 49.7 Å². The number of hydrogen-bond donors (Lipinski definition) is 0. The summed E-state index contributed by atoms with van der Waals surface area (Å²) in [6, 6.07) is -0.0903. The molecule has 0 saturated heterocycles. The predicted molar refractivity (Wildman–Crippen MR) is 32.9 cm³/mol. The Morgan fingerprint density at radius 3 is 2.00 bits per heavy atom. The molecular formula is C6H12FN. The van der Waals surface area contributed by atoms with Crippen LogP contribution in [0.15, 0.2) is 12.3 Å². The van der Waals surface area contributed by atoms with Gasteiger partial charge >= 0.3 is 0 Å². The standard InChI is InChI=1S/C6H12FN/c1-5(2)8(7)6(3)4/h6H,1H2,2-4H3. The lowest BCUT2D eigenvalue weighted by Gasteiger charge is -2.16. The molecule has 0 radical (unpaired) electrons. The molecule has 0 heterocycles. The number of hydrogen-bond acceptors (Lipinski definition) is 1. The summed E-state index contributed by atoms with van der Waals surface area (Å²) >= 11 is 0. The van der Waals surface area contributed by atoms with Crippen LogP contribution >= 0.6 is 0 Å². The fraction of sp³-hybridized carbons (Fsp3) is 0.667. The van der Waals surface area contributed by atoms with Crippen LogP contribution in [0.2, 0.25) is 0 Å². The van der Waals surface area contributed by atoms with Crippen molar-refractivity contribution >= 4 is 0 Å². The maximum Gasteiger partial charge on any atom is 0.0555 e. The lowest BCUT2D eigenvalue weighted by Crippen LogP contribution is -2.18. The average Bonchev–Trinajstić information content (AvgIpc) is 1.64. The highest BCUT2D eigenvalue weighted by atomic mass is 19.2. The lowest BCUT2D eigenvalue weighted by atomic mass is 10.4. The van der Waals surface area contributed by atoms with Crippen LogP contribution in [0.1, 0.15) is 20.8 Å². The van der Waals surface area contributed by atoms with Crippen LogP contribution in [0.5, 0.6) is 0 Å². The maximum atomic E-state index is 12.4. The Kier molecular flexibility index (Phi) is 2.52. The maximum absolute atomic E-state index is 12.4. The molecule has 0 spiro atoms. The van der Waals surface area contributed by atoms with E-state index in [-0.39, 0.29) is 6.04 Å². The first kappa shape index (κ1) is 7.47. The lowest BCUT2D eigenvalue weighted by molar-refractivity contribution is 0.0359. The normalized spacial score (nSPS) is 9.62. The number of allylic oxidation sites excluding steroid dienone is 1. The van der Waals surface area contributed by atoms with Gasteiger partial charge in [-0.1, -0.05) is 6.58 Å². The van der Waals surface area contributed by atoms with E-state index in [0.29, 0.717) is 10.8 Å². The van der Waals surface area contributed by atoms with Gasteiger partial charge in [0.25, 0.3) is 0 Å². The van der Waals surface area contributed by atoms with Crippen molar-refractivity contribution in [2.45, 2.75) is 26.8 Å². The van der Waals surface area contributed by atoms with Crippen LogP contribution in [0.4, 0.5) is 4.48 Å². The van der Waals surface area contributed by atoms with Crippen molar-refractivity contribution in [3.05, 3.63) is 12.3 Å². The first-order valence-electron chi connectivity index (χ1n) is 2.66. The van der Waals surface area contributed by atoms with Gasteiger partial charge in [-0.3, -0.25) is 0 Å². The molecule has 48 valence electrons.